The first-order chi connectivity index (χ1) is 10.1. The summed E-state index contributed by atoms with van der Waals surface area (Å²) in [6.07, 6.45) is 1.15. The van der Waals surface area contributed by atoms with Crippen LogP contribution in [0.3, 0.4) is 0 Å². The van der Waals surface area contributed by atoms with Gasteiger partial charge in [-0.2, -0.15) is 0 Å². The summed E-state index contributed by atoms with van der Waals surface area (Å²) < 4.78 is 5.35. The van der Waals surface area contributed by atoms with E-state index in [0.29, 0.717) is 5.69 Å². The summed E-state index contributed by atoms with van der Waals surface area (Å²) in [5.74, 6) is -1.64. The quantitative estimate of drug-likeness (QED) is 0.907. The zero-order valence-electron chi connectivity index (χ0n) is 13.4. The van der Waals surface area contributed by atoms with Crippen molar-refractivity contribution >= 4 is 12.1 Å². The monoisotopic (exact) mass is 306 g/mol. The Morgan fingerprint density at radius 2 is 2.09 bits per heavy atom. The fraction of sp³-hybridized carbons (Fsp3) is 0.562. The fourth-order valence-corrected chi connectivity index (χ4v) is 2.77. The van der Waals surface area contributed by atoms with Gasteiger partial charge in [-0.25, -0.2) is 4.79 Å². The van der Waals surface area contributed by atoms with Crippen molar-refractivity contribution in [1.82, 2.24) is 9.88 Å². The first-order valence-electron chi connectivity index (χ1n) is 7.26. The molecule has 0 spiro atoms. The van der Waals surface area contributed by atoms with Crippen molar-refractivity contribution in [2.45, 2.75) is 38.7 Å². The minimum absolute atomic E-state index is 0.122. The summed E-state index contributed by atoms with van der Waals surface area (Å²) in [5.41, 5.74) is -0.669. The average molecular weight is 306 g/mol. The Hall–Kier alpha value is -2.11. The van der Waals surface area contributed by atoms with Crippen molar-refractivity contribution in [2.75, 3.05) is 13.1 Å². The lowest BCUT2D eigenvalue weighted by atomic mass is 9.77. The van der Waals surface area contributed by atoms with Gasteiger partial charge in [0.1, 0.15) is 5.60 Å². The molecular weight excluding hydrogens is 284 g/mol. The second-order valence-electron chi connectivity index (χ2n) is 6.88. The van der Waals surface area contributed by atoms with Crippen LogP contribution in [0, 0.1) is 5.92 Å². The Morgan fingerprint density at radius 1 is 1.41 bits per heavy atom. The van der Waals surface area contributed by atoms with Crippen LogP contribution in [-0.2, 0) is 14.9 Å². The SMILES string of the molecule is CC(C)(C)OC(=O)N1CC(C(=O)O)C(C)(c2ccccn2)C1. The standard InChI is InChI=1S/C16H22N2O4/c1-15(2,3)22-14(21)18-9-11(13(19)20)16(4,10-18)12-7-5-6-8-17-12/h5-8,11H,9-10H2,1-4H3,(H,19,20). The summed E-state index contributed by atoms with van der Waals surface area (Å²) in [6, 6.07) is 5.40. The zero-order chi connectivity index (χ0) is 16.5. The Kier molecular flexibility index (Phi) is 4.13. The van der Waals surface area contributed by atoms with Gasteiger partial charge in [-0.1, -0.05) is 13.0 Å². The minimum atomic E-state index is -0.931. The molecule has 1 N–H and O–H groups in total. The van der Waals surface area contributed by atoms with Gasteiger partial charge in [-0.05, 0) is 32.9 Å². The number of ether oxygens (including phenoxy) is 1. The van der Waals surface area contributed by atoms with Crippen molar-refractivity contribution in [1.29, 1.82) is 0 Å². The number of carboxylic acid groups (broad SMARTS) is 1. The fourth-order valence-electron chi connectivity index (χ4n) is 2.77. The Labute approximate surface area is 130 Å². The van der Waals surface area contributed by atoms with Crippen molar-refractivity contribution < 1.29 is 19.4 Å². The number of carbonyl (C=O) groups is 2. The van der Waals surface area contributed by atoms with Crippen LogP contribution in [0.1, 0.15) is 33.4 Å². The number of nitrogens with zero attached hydrogens (tertiary/aromatic N) is 2. The van der Waals surface area contributed by atoms with Crippen LogP contribution < -0.4 is 0 Å². The first kappa shape index (κ1) is 16.3. The van der Waals surface area contributed by atoms with Gasteiger partial charge in [-0.3, -0.25) is 9.78 Å². The van der Waals surface area contributed by atoms with Crippen LogP contribution in [-0.4, -0.2) is 45.7 Å². The number of rotatable bonds is 2. The van der Waals surface area contributed by atoms with E-state index in [4.69, 9.17) is 4.74 Å². The molecule has 1 fully saturated rings. The lowest BCUT2D eigenvalue weighted by Crippen LogP contribution is -2.38. The van der Waals surface area contributed by atoms with Crippen LogP contribution in [0.2, 0.25) is 0 Å². The molecule has 1 aliphatic rings. The molecule has 1 amide bonds. The second-order valence-corrected chi connectivity index (χ2v) is 6.88. The van der Waals surface area contributed by atoms with E-state index in [-0.39, 0.29) is 13.1 Å². The van der Waals surface area contributed by atoms with Crippen LogP contribution >= 0.6 is 0 Å². The summed E-state index contributed by atoms with van der Waals surface area (Å²) >= 11 is 0. The van der Waals surface area contributed by atoms with Gasteiger partial charge >= 0.3 is 12.1 Å². The maximum atomic E-state index is 12.2. The number of pyridine rings is 1. The minimum Gasteiger partial charge on any atom is -0.481 e. The summed E-state index contributed by atoms with van der Waals surface area (Å²) in [5, 5.41) is 9.54. The molecule has 2 unspecified atom stereocenters. The number of likely N-dealkylation sites (tertiary alicyclic amines) is 1. The maximum Gasteiger partial charge on any atom is 0.410 e. The third-order valence-corrected chi connectivity index (χ3v) is 3.89. The number of hydrogen-bond acceptors (Lipinski definition) is 4. The molecule has 6 nitrogen and oxygen atoms in total. The van der Waals surface area contributed by atoms with Crippen molar-refractivity contribution in [3.8, 4) is 0 Å². The van der Waals surface area contributed by atoms with Crippen LogP contribution in [0.25, 0.3) is 0 Å². The number of aromatic nitrogens is 1. The van der Waals surface area contributed by atoms with Crippen LogP contribution in [0.4, 0.5) is 4.79 Å². The highest BCUT2D eigenvalue weighted by Gasteiger charge is 2.51. The highest BCUT2D eigenvalue weighted by molar-refractivity contribution is 5.76. The van der Waals surface area contributed by atoms with Crippen molar-refractivity contribution in [2.24, 2.45) is 5.92 Å². The molecule has 0 bridgehead atoms. The van der Waals surface area contributed by atoms with E-state index in [1.807, 2.05) is 13.0 Å². The highest BCUT2D eigenvalue weighted by atomic mass is 16.6. The number of amides is 1. The van der Waals surface area contributed by atoms with E-state index in [9.17, 15) is 14.7 Å². The van der Waals surface area contributed by atoms with E-state index in [1.54, 1.807) is 39.1 Å². The Balaban J connectivity index is 2.28. The number of carbonyl (C=O) groups excluding carboxylic acids is 1. The molecule has 6 heteroatoms. The molecule has 1 saturated heterocycles. The van der Waals surface area contributed by atoms with E-state index in [2.05, 4.69) is 4.98 Å². The first-order valence-corrected chi connectivity index (χ1v) is 7.26. The number of carboxylic acids is 1. The summed E-state index contributed by atoms with van der Waals surface area (Å²) in [4.78, 5) is 29.6. The van der Waals surface area contributed by atoms with Gasteiger partial charge in [0.05, 0.1) is 5.92 Å². The lowest BCUT2D eigenvalue weighted by Gasteiger charge is -2.28. The van der Waals surface area contributed by atoms with E-state index in [0.717, 1.165) is 0 Å². The molecule has 2 rings (SSSR count). The van der Waals surface area contributed by atoms with Gasteiger partial charge in [0.2, 0.25) is 0 Å². The summed E-state index contributed by atoms with van der Waals surface area (Å²) in [6.45, 7) is 7.58. The molecule has 0 aliphatic carbocycles. The molecule has 120 valence electrons. The molecule has 1 aromatic rings. The largest absolute Gasteiger partial charge is 0.481 e. The average Bonchev–Trinajstić information content (AvgIpc) is 2.78. The molecular formula is C16H22N2O4. The smallest absolute Gasteiger partial charge is 0.410 e. The third kappa shape index (κ3) is 3.21. The normalized spacial score (nSPS) is 25.1. The predicted octanol–water partition coefficient (Wildman–Crippen LogP) is 2.29. The molecule has 2 heterocycles. The lowest BCUT2D eigenvalue weighted by molar-refractivity contribution is -0.142. The molecule has 1 aromatic heterocycles. The number of hydrogen-bond donors (Lipinski definition) is 1. The highest BCUT2D eigenvalue weighted by Crippen LogP contribution is 2.38. The Bertz CT molecular complexity index is 567. The summed E-state index contributed by atoms with van der Waals surface area (Å²) in [7, 11) is 0. The number of aliphatic carboxylic acids is 1. The van der Waals surface area contributed by atoms with Crippen molar-refractivity contribution in [3.63, 3.8) is 0 Å². The van der Waals surface area contributed by atoms with E-state index in [1.165, 1.54) is 4.90 Å². The Morgan fingerprint density at radius 3 is 2.59 bits per heavy atom. The van der Waals surface area contributed by atoms with E-state index >= 15 is 0 Å². The van der Waals surface area contributed by atoms with Gasteiger partial charge in [0, 0.05) is 30.4 Å². The molecule has 22 heavy (non-hydrogen) atoms. The maximum absolute atomic E-state index is 12.2. The topological polar surface area (TPSA) is 79.7 Å². The van der Waals surface area contributed by atoms with Crippen LogP contribution in [0.15, 0.2) is 24.4 Å². The van der Waals surface area contributed by atoms with Gasteiger partial charge in [0.15, 0.2) is 0 Å². The third-order valence-electron chi connectivity index (χ3n) is 3.89. The zero-order valence-corrected chi connectivity index (χ0v) is 13.4. The molecule has 0 radical (unpaired) electrons. The molecule has 0 aromatic carbocycles. The van der Waals surface area contributed by atoms with E-state index < -0.39 is 29.0 Å². The van der Waals surface area contributed by atoms with Crippen LogP contribution in [0.5, 0.6) is 0 Å². The van der Waals surface area contributed by atoms with Crippen molar-refractivity contribution in [3.05, 3.63) is 30.1 Å². The molecule has 2 atom stereocenters. The predicted molar refractivity (Wildman–Crippen MR) is 80.5 cm³/mol. The van der Waals surface area contributed by atoms with Gasteiger partial charge in [0.25, 0.3) is 0 Å². The molecule has 1 aliphatic heterocycles. The molecule has 0 saturated carbocycles. The van der Waals surface area contributed by atoms with Gasteiger partial charge < -0.3 is 14.7 Å². The van der Waals surface area contributed by atoms with Gasteiger partial charge in [-0.15, -0.1) is 0 Å². The second kappa shape index (κ2) is 5.59.